The summed E-state index contributed by atoms with van der Waals surface area (Å²) in [7, 11) is 1.57. The number of likely N-dealkylation sites (tertiary alicyclic amines) is 1. The average Bonchev–Trinajstić information content (AvgIpc) is 2.74. The van der Waals surface area contributed by atoms with Crippen LogP contribution in [0.3, 0.4) is 0 Å². The van der Waals surface area contributed by atoms with E-state index in [0.717, 1.165) is 5.69 Å². The molecule has 27 heavy (non-hydrogen) atoms. The topological polar surface area (TPSA) is 49.9 Å². The summed E-state index contributed by atoms with van der Waals surface area (Å²) in [5, 5.41) is 0. The number of carbonyl (C=O) groups is 2. The van der Waals surface area contributed by atoms with Crippen molar-refractivity contribution >= 4 is 17.5 Å². The molecule has 1 fully saturated rings. The lowest BCUT2D eigenvalue weighted by Gasteiger charge is -2.34. The highest BCUT2D eigenvalue weighted by Crippen LogP contribution is 2.26. The normalized spacial score (nSPS) is 14.7. The van der Waals surface area contributed by atoms with Gasteiger partial charge in [0.1, 0.15) is 5.75 Å². The van der Waals surface area contributed by atoms with E-state index in [-0.39, 0.29) is 17.7 Å². The van der Waals surface area contributed by atoms with Gasteiger partial charge in [0.2, 0.25) is 5.91 Å². The van der Waals surface area contributed by atoms with Crippen molar-refractivity contribution in [3.63, 3.8) is 0 Å². The van der Waals surface area contributed by atoms with Crippen LogP contribution in [0.15, 0.2) is 54.6 Å². The highest BCUT2D eigenvalue weighted by atomic mass is 16.5. The Morgan fingerprint density at radius 1 is 1.04 bits per heavy atom. The van der Waals surface area contributed by atoms with Crippen molar-refractivity contribution in [3.05, 3.63) is 60.2 Å². The van der Waals surface area contributed by atoms with Gasteiger partial charge in [-0.15, -0.1) is 0 Å². The van der Waals surface area contributed by atoms with Crippen LogP contribution < -0.4 is 9.64 Å². The Labute approximate surface area is 160 Å². The predicted molar refractivity (Wildman–Crippen MR) is 106 cm³/mol. The molecular weight excluding hydrogens is 340 g/mol. The standard InChI is InChI=1S/C22H26N2O3/c1-3-24(18-9-5-4-6-10-18)21(25)17-13-15-23(16-14-17)22(26)19-11-7-8-12-20(19)27-2/h4-12,17H,3,13-16H2,1-2H3. The Kier molecular flexibility index (Phi) is 6.12. The molecule has 5 heteroatoms. The lowest BCUT2D eigenvalue weighted by Crippen LogP contribution is -2.44. The van der Waals surface area contributed by atoms with Gasteiger partial charge < -0.3 is 14.5 Å². The predicted octanol–water partition coefficient (Wildman–Crippen LogP) is 3.60. The number of piperidine rings is 1. The summed E-state index contributed by atoms with van der Waals surface area (Å²) in [4.78, 5) is 29.5. The Morgan fingerprint density at radius 3 is 2.30 bits per heavy atom. The summed E-state index contributed by atoms with van der Waals surface area (Å²) in [6.45, 7) is 3.80. The van der Waals surface area contributed by atoms with E-state index in [1.54, 1.807) is 19.2 Å². The van der Waals surface area contributed by atoms with Crippen LogP contribution in [0, 0.1) is 5.92 Å². The molecule has 1 heterocycles. The largest absolute Gasteiger partial charge is 0.496 e. The van der Waals surface area contributed by atoms with Crippen molar-refractivity contribution in [2.45, 2.75) is 19.8 Å². The number of carbonyl (C=O) groups excluding carboxylic acids is 2. The first-order chi connectivity index (χ1) is 13.2. The Balaban J connectivity index is 1.64. The number of hydrogen-bond donors (Lipinski definition) is 0. The second kappa shape index (κ2) is 8.71. The Hall–Kier alpha value is -2.82. The molecule has 0 saturated carbocycles. The van der Waals surface area contributed by atoms with Crippen LogP contribution in [0.4, 0.5) is 5.69 Å². The van der Waals surface area contributed by atoms with Crippen molar-refractivity contribution in [2.24, 2.45) is 5.92 Å². The number of rotatable bonds is 5. The van der Waals surface area contributed by atoms with Crippen LogP contribution in [0.1, 0.15) is 30.1 Å². The lowest BCUT2D eigenvalue weighted by atomic mass is 9.94. The van der Waals surface area contributed by atoms with E-state index in [1.165, 1.54) is 0 Å². The molecule has 0 spiro atoms. The summed E-state index contributed by atoms with van der Waals surface area (Å²) in [6.07, 6.45) is 1.37. The van der Waals surface area contributed by atoms with Gasteiger partial charge in [-0.25, -0.2) is 0 Å². The van der Waals surface area contributed by atoms with Crippen LogP contribution in [-0.4, -0.2) is 43.5 Å². The smallest absolute Gasteiger partial charge is 0.257 e. The van der Waals surface area contributed by atoms with Gasteiger partial charge in [-0.05, 0) is 44.0 Å². The molecule has 0 aliphatic carbocycles. The fourth-order valence-electron chi connectivity index (χ4n) is 3.62. The number of ether oxygens (including phenoxy) is 1. The van der Waals surface area contributed by atoms with Gasteiger partial charge in [0, 0.05) is 31.2 Å². The molecule has 142 valence electrons. The van der Waals surface area contributed by atoms with Gasteiger partial charge in [0.05, 0.1) is 12.7 Å². The number of amides is 2. The zero-order valence-corrected chi connectivity index (χ0v) is 15.9. The van der Waals surface area contributed by atoms with E-state index in [4.69, 9.17) is 4.74 Å². The van der Waals surface area contributed by atoms with Crippen molar-refractivity contribution in [1.82, 2.24) is 4.90 Å². The van der Waals surface area contributed by atoms with E-state index >= 15 is 0 Å². The van der Waals surface area contributed by atoms with E-state index in [0.29, 0.717) is 43.8 Å². The summed E-state index contributed by atoms with van der Waals surface area (Å²) in [5.74, 6) is 0.649. The van der Waals surface area contributed by atoms with Gasteiger partial charge in [0.25, 0.3) is 5.91 Å². The molecule has 2 aromatic carbocycles. The summed E-state index contributed by atoms with van der Waals surface area (Å²) in [6, 6.07) is 17.0. The second-order valence-corrected chi connectivity index (χ2v) is 6.68. The fraction of sp³-hybridized carbons (Fsp3) is 0.364. The van der Waals surface area contributed by atoms with Gasteiger partial charge in [-0.1, -0.05) is 30.3 Å². The number of anilines is 1. The van der Waals surface area contributed by atoms with Crippen molar-refractivity contribution in [3.8, 4) is 5.75 Å². The Bertz CT molecular complexity index is 783. The van der Waals surface area contributed by atoms with Gasteiger partial charge >= 0.3 is 0 Å². The highest BCUT2D eigenvalue weighted by molar-refractivity contribution is 5.98. The third-order valence-corrected chi connectivity index (χ3v) is 5.12. The summed E-state index contributed by atoms with van der Waals surface area (Å²) in [5.41, 5.74) is 1.50. The van der Waals surface area contributed by atoms with Gasteiger partial charge in [0.15, 0.2) is 0 Å². The molecule has 0 radical (unpaired) electrons. The molecule has 0 atom stereocenters. The molecule has 1 saturated heterocycles. The maximum atomic E-state index is 13.0. The average molecular weight is 366 g/mol. The lowest BCUT2D eigenvalue weighted by molar-refractivity contribution is -0.123. The summed E-state index contributed by atoms with van der Waals surface area (Å²) >= 11 is 0. The van der Waals surface area contributed by atoms with Crippen LogP contribution in [0.2, 0.25) is 0 Å². The zero-order valence-electron chi connectivity index (χ0n) is 15.9. The maximum absolute atomic E-state index is 13.0. The molecule has 0 aromatic heterocycles. The van der Waals surface area contributed by atoms with E-state index in [9.17, 15) is 9.59 Å². The molecule has 3 rings (SSSR count). The van der Waals surface area contributed by atoms with E-state index in [1.807, 2.05) is 59.2 Å². The van der Waals surface area contributed by atoms with Crippen LogP contribution >= 0.6 is 0 Å². The van der Waals surface area contributed by atoms with E-state index in [2.05, 4.69) is 0 Å². The van der Waals surface area contributed by atoms with Gasteiger partial charge in [-0.3, -0.25) is 9.59 Å². The molecule has 1 aliphatic rings. The molecule has 1 aliphatic heterocycles. The molecular formula is C22H26N2O3. The Morgan fingerprint density at radius 2 is 1.67 bits per heavy atom. The number of para-hydroxylation sites is 2. The zero-order chi connectivity index (χ0) is 19.2. The molecule has 5 nitrogen and oxygen atoms in total. The highest BCUT2D eigenvalue weighted by Gasteiger charge is 2.31. The fourth-order valence-corrected chi connectivity index (χ4v) is 3.62. The monoisotopic (exact) mass is 366 g/mol. The van der Waals surface area contributed by atoms with Gasteiger partial charge in [-0.2, -0.15) is 0 Å². The second-order valence-electron chi connectivity index (χ2n) is 6.68. The van der Waals surface area contributed by atoms with Crippen molar-refractivity contribution in [1.29, 1.82) is 0 Å². The molecule has 0 bridgehead atoms. The van der Waals surface area contributed by atoms with Crippen LogP contribution in [-0.2, 0) is 4.79 Å². The van der Waals surface area contributed by atoms with Crippen molar-refractivity contribution in [2.75, 3.05) is 31.6 Å². The SMILES string of the molecule is CCN(C(=O)C1CCN(C(=O)c2ccccc2OC)CC1)c1ccccc1. The number of methoxy groups -OCH3 is 1. The summed E-state index contributed by atoms with van der Waals surface area (Å²) < 4.78 is 5.30. The van der Waals surface area contributed by atoms with Crippen LogP contribution in [0.5, 0.6) is 5.75 Å². The minimum absolute atomic E-state index is 0.0336. The van der Waals surface area contributed by atoms with Crippen LogP contribution in [0.25, 0.3) is 0 Å². The number of benzene rings is 2. The minimum atomic E-state index is -0.0492. The van der Waals surface area contributed by atoms with E-state index < -0.39 is 0 Å². The molecule has 2 aromatic rings. The maximum Gasteiger partial charge on any atom is 0.257 e. The molecule has 0 unspecified atom stereocenters. The quantitative estimate of drug-likeness (QED) is 0.812. The van der Waals surface area contributed by atoms with Crippen molar-refractivity contribution < 1.29 is 14.3 Å². The minimum Gasteiger partial charge on any atom is -0.496 e. The third kappa shape index (κ3) is 4.13. The first kappa shape index (κ1) is 19.0. The first-order valence-corrected chi connectivity index (χ1v) is 9.44. The number of nitrogens with zero attached hydrogens (tertiary/aromatic N) is 2. The molecule has 2 amide bonds. The number of hydrogen-bond acceptors (Lipinski definition) is 3. The molecule has 0 N–H and O–H groups in total. The third-order valence-electron chi connectivity index (χ3n) is 5.12. The first-order valence-electron chi connectivity index (χ1n) is 9.44.